The molecular weight excluding hydrogens is 387 g/mol. The quantitative estimate of drug-likeness (QED) is 0.411. The van der Waals surface area contributed by atoms with E-state index in [9.17, 15) is 0 Å². The summed E-state index contributed by atoms with van der Waals surface area (Å²) in [5.74, 6) is 2.09. The van der Waals surface area contributed by atoms with Crippen LogP contribution in [0, 0.1) is 34.1 Å². The average molecular weight is 424 g/mol. The Morgan fingerprint density at radius 1 is 0.611 bits per heavy atom. The Morgan fingerprint density at radius 2 is 0.778 bits per heavy atom. The van der Waals surface area contributed by atoms with E-state index in [-0.39, 0.29) is 48.1 Å². The van der Waals surface area contributed by atoms with E-state index in [2.05, 4.69) is 13.8 Å². The van der Waals surface area contributed by atoms with Gasteiger partial charge in [-0.2, -0.15) is 0 Å². The minimum atomic E-state index is 0. The maximum absolute atomic E-state index is 7.00. The molecule has 0 aromatic carbocycles. The molecule has 0 atom stereocenters. The number of aliphatic hydroxyl groups is 1. The molecule has 0 amide bonds. The maximum Gasteiger partial charge on any atom is 0.0319 e. The minimum absolute atomic E-state index is 0. The summed E-state index contributed by atoms with van der Waals surface area (Å²) < 4.78 is 0. The zero-order valence-electron chi connectivity index (χ0n) is 13.8. The summed E-state index contributed by atoms with van der Waals surface area (Å²) in [6, 6.07) is 0. The fourth-order valence-corrected chi connectivity index (χ4v) is 2.26. The van der Waals surface area contributed by atoms with Gasteiger partial charge in [0, 0.05) is 33.0 Å². The second kappa shape index (κ2) is 23.0. The normalized spacial score (nSPS) is 17.3. The van der Waals surface area contributed by atoms with Gasteiger partial charge >= 0.3 is 0 Å². The molecule has 2 aliphatic carbocycles. The molecule has 0 aromatic rings. The van der Waals surface area contributed by atoms with Crippen LogP contribution in [0.5, 0.6) is 0 Å². The van der Waals surface area contributed by atoms with Crippen molar-refractivity contribution in [2.45, 2.75) is 65.2 Å². The fourth-order valence-electron chi connectivity index (χ4n) is 2.26. The van der Waals surface area contributed by atoms with Crippen LogP contribution in [0.25, 0.3) is 0 Å². The molecule has 0 unspecified atom stereocenters. The Hall–Kier alpha value is 0.830. The molecule has 2 fully saturated rings. The molecule has 18 heavy (non-hydrogen) atoms. The van der Waals surface area contributed by atoms with Crippen LogP contribution in [0.2, 0.25) is 0 Å². The second-order valence-electron chi connectivity index (χ2n) is 4.78. The molecule has 0 saturated heterocycles. The van der Waals surface area contributed by atoms with Crippen molar-refractivity contribution in [1.82, 2.24) is 0 Å². The van der Waals surface area contributed by atoms with E-state index >= 15 is 0 Å². The molecule has 0 heterocycles. The molecule has 2 heteroatoms. The van der Waals surface area contributed by atoms with Crippen molar-refractivity contribution in [3.8, 4) is 0 Å². The van der Waals surface area contributed by atoms with Crippen LogP contribution >= 0.6 is 0 Å². The van der Waals surface area contributed by atoms with Crippen molar-refractivity contribution in [2.24, 2.45) is 11.8 Å². The first-order valence-corrected chi connectivity index (χ1v) is 6.23. The Bertz CT molecular complexity index is 91.7. The molecule has 1 N–H and O–H groups in total. The molecule has 2 aliphatic rings. The predicted molar refractivity (Wildman–Crippen MR) is 82.6 cm³/mol. The second-order valence-corrected chi connectivity index (χ2v) is 4.78. The van der Waals surface area contributed by atoms with Crippen LogP contribution in [0.15, 0.2) is 0 Å². The van der Waals surface area contributed by atoms with Gasteiger partial charge in [-0.3, -0.25) is 0 Å². The van der Waals surface area contributed by atoms with Crippen LogP contribution in [0.1, 0.15) is 65.2 Å². The summed E-state index contributed by atoms with van der Waals surface area (Å²) in [4.78, 5) is 0. The van der Waals surface area contributed by atoms with Crippen LogP contribution in [0.3, 0.4) is 0 Å². The van der Waals surface area contributed by atoms with Crippen molar-refractivity contribution in [2.75, 3.05) is 7.11 Å². The Morgan fingerprint density at radius 3 is 0.833 bits per heavy atom. The molecule has 0 bridgehead atoms. The van der Waals surface area contributed by atoms with E-state index in [1.807, 2.05) is 0 Å². The van der Waals surface area contributed by atoms with Gasteiger partial charge in [0.05, 0.1) is 0 Å². The third kappa shape index (κ3) is 19.2. The molecule has 0 aromatic heterocycles. The zero-order chi connectivity index (χ0) is 10.8. The maximum atomic E-state index is 7.00. The van der Waals surface area contributed by atoms with Gasteiger partial charge in [0.2, 0.25) is 0 Å². The molecule has 0 aliphatic heterocycles. The Balaban J connectivity index is -0.0000000460. The predicted octanol–water partition coefficient (Wildman–Crippen LogP) is 5.35. The van der Waals surface area contributed by atoms with Crippen LogP contribution in [-0.4, -0.2) is 12.2 Å². The summed E-state index contributed by atoms with van der Waals surface area (Å²) in [7, 11) is 1.00. The first-order chi connectivity index (χ1) is 6.79. The molecule has 2 rings (SSSR count). The van der Waals surface area contributed by atoms with Crippen molar-refractivity contribution in [3.05, 3.63) is 22.3 Å². The van der Waals surface area contributed by atoms with Crippen LogP contribution < -0.4 is 0 Å². The Labute approximate surface area is 137 Å². The Kier molecular flexibility index (Phi) is 39.9. The first kappa shape index (κ1) is 31.3. The van der Waals surface area contributed by atoms with Crippen molar-refractivity contribution in [3.63, 3.8) is 0 Å². The summed E-state index contributed by atoms with van der Waals surface area (Å²) in [5, 5.41) is 7.00. The topological polar surface area (TPSA) is 20.2 Å². The van der Waals surface area contributed by atoms with Gasteiger partial charge in [-0.15, -0.1) is 0 Å². The van der Waals surface area contributed by atoms with Gasteiger partial charge in [-0.1, -0.05) is 65.2 Å². The molecule has 0 radical (unpaired) electrons. The van der Waals surface area contributed by atoms with E-state index in [0.29, 0.717) is 0 Å². The van der Waals surface area contributed by atoms with Crippen LogP contribution in [-0.2, 0) is 25.8 Å². The fraction of sp³-hybridized carbons (Fsp3) is 0.812. The first-order valence-electron chi connectivity index (χ1n) is 6.23. The smallest absolute Gasteiger partial charge is 0.0319 e. The third-order valence-electron chi connectivity index (χ3n) is 3.29. The molecule has 1 nitrogen and oxygen atoms in total. The van der Waals surface area contributed by atoms with E-state index in [0.717, 1.165) is 18.9 Å². The van der Waals surface area contributed by atoms with E-state index in [4.69, 9.17) is 5.11 Å². The summed E-state index contributed by atoms with van der Waals surface area (Å²) in [6.07, 6.45) is 11.9. The monoisotopic (exact) mass is 425 g/mol. The summed E-state index contributed by atoms with van der Waals surface area (Å²) in [5.41, 5.74) is 0. The molecule has 2 saturated carbocycles. The standard InChI is InChI=1S/2C6H12.CH4O.3CH3.Hf/c2*1-6-4-2-3-5-6;1-2;;;;/h2*6H,2-5H2,1H3;2H,1H3;3*1H3;/q;;;3*-1;. The zero-order valence-corrected chi connectivity index (χ0v) is 17.4. The molecular formula is C16H37HfO-3. The largest absolute Gasteiger partial charge is 0.400 e. The minimum Gasteiger partial charge on any atom is -0.400 e. The van der Waals surface area contributed by atoms with Gasteiger partial charge < -0.3 is 27.4 Å². The van der Waals surface area contributed by atoms with Gasteiger partial charge in [0.1, 0.15) is 0 Å². The van der Waals surface area contributed by atoms with Crippen molar-refractivity contribution >= 4 is 0 Å². The average Bonchev–Trinajstić information content (AvgIpc) is 2.83. The number of hydrogen-bond donors (Lipinski definition) is 1. The number of hydrogen-bond acceptors (Lipinski definition) is 1. The summed E-state index contributed by atoms with van der Waals surface area (Å²) >= 11 is 0. The third-order valence-corrected chi connectivity index (χ3v) is 3.29. The number of aliphatic hydroxyl groups excluding tert-OH is 1. The van der Waals surface area contributed by atoms with Crippen molar-refractivity contribution in [1.29, 1.82) is 0 Å². The van der Waals surface area contributed by atoms with Gasteiger partial charge in [-0.25, -0.2) is 0 Å². The van der Waals surface area contributed by atoms with Gasteiger partial charge in [0.15, 0.2) is 0 Å². The van der Waals surface area contributed by atoms with Crippen LogP contribution in [0.4, 0.5) is 0 Å². The van der Waals surface area contributed by atoms with Gasteiger partial charge in [0.25, 0.3) is 0 Å². The number of rotatable bonds is 0. The van der Waals surface area contributed by atoms with E-state index in [1.165, 1.54) is 51.4 Å². The van der Waals surface area contributed by atoms with Crippen molar-refractivity contribution < 1.29 is 30.9 Å². The van der Waals surface area contributed by atoms with Gasteiger partial charge in [-0.05, 0) is 11.8 Å². The molecule has 0 spiro atoms. The van der Waals surface area contributed by atoms with E-state index < -0.39 is 0 Å². The SMILES string of the molecule is CC1CCCC1.CC1CCCC1.CO.[CH3-].[CH3-].[CH3-].[Hf]. The summed E-state index contributed by atoms with van der Waals surface area (Å²) in [6.45, 7) is 4.68. The molecule has 114 valence electrons. The van der Waals surface area contributed by atoms with E-state index in [1.54, 1.807) is 0 Å².